The van der Waals surface area contributed by atoms with Crippen LogP contribution in [0.3, 0.4) is 0 Å². The van der Waals surface area contributed by atoms with E-state index in [0.29, 0.717) is 17.0 Å². The standard InChI is InChI=1S/C12H6F2N4O2/c13-7-2-1-6(3-8(7)14)9-4-10(16-5-15-9)11-17-12(19)20-18-11/h1-5H,(H,17,18,19). The van der Waals surface area contributed by atoms with Gasteiger partial charge >= 0.3 is 5.76 Å². The van der Waals surface area contributed by atoms with Crippen molar-refractivity contribution in [3.8, 4) is 22.8 Å². The van der Waals surface area contributed by atoms with Gasteiger partial charge in [0.2, 0.25) is 5.82 Å². The summed E-state index contributed by atoms with van der Waals surface area (Å²) >= 11 is 0. The number of H-pyrrole nitrogens is 1. The molecular weight excluding hydrogens is 270 g/mol. The molecule has 0 bridgehead atoms. The van der Waals surface area contributed by atoms with Crippen LogP contribution in [0, 0.1) is 11.6 Å². The van der Waals surface area contributed by atoms with E-state index in [1.807, 2.05) is 0 Å². The first-order valence-electron chi connectivity index (χ1n) is 5.47. The summed E-state index contributed by atoms with van der Waals surface area (Å²) in [6.07, 6.45) is 1.22. The van der Waals surface area contributed by atoms with Gasteiger partial charge in [-0.15, -0.1) is 0 Å². The molecule has 6 nitrogen and oxygen atoms in total. The number of nitrogens with zero attached hydrogens (tertiary/aromatic N) is 3. The maximum Gasteiger partial charge on any atom is 0.439 e. The van der Waals surface area contributed by atoms with Crippen LogP contribution in [0.1, 0.15) is 0 Å². The van der Waals surface area contributed by atoms with E-state index >= 15 is 0 Å². The smallest absolute Gasteiger partial charge is 0.296 e. The average molecular weight is 276 g/mol. The van der Waals surface area contributed by atoms with Gasteiger partial charge in [0, 0.05) is 5.56 Å². The summed E-state index contributed by atoms with van der Waals surface area (Å²) in [5, 5.41) is 3.49. The number of benzene rings is 1. The normalized spacial score (nSPS) is 10.7. The van der Waals surface area contributed by atoms with Crippen LogP contribution in [-0.4, -0.2) is 20.1 Å². The number of aromatic nitrogens is 4. The predicted molar refractivity (Wildman–Crippen MR) is 63.5 cm³/mol. The van der Waals surface area contributed by atoms with E-state index in [1.165, 1.54) is 18.5 Å². The minimum atomic E-state index is -0.975. The van der Waals surface area contributed by atoms with Gasteiger partial charge in [0.05, 0.1) is 5.69 Å². The highest BCUT2D eigenvalue weighted by Gasteiger charge is 2.10. The van der Waals surface area contributed by atoms with Gasteiger partial charge in [0.25, 0.3) is 0 Å². The van der Waals surface area contributed by atoms with Crippen LogP contribution in [0.4, 0.5) is 8.78 Å². The van der Waals surface area contributed by atoms with Gasteiger partial charge in [0.15, 0.2) is 11.6 Å². The monoisotopic (exact) mass is 276 g/mol. The van der Waals surface area contributed by atoms with Gasteiger partial charge in [-0.05, 0) is 24.3 Å². The number of aromatic amines is 1. The molecular formula is C12H6F2N4O2. The maximum absolute atomic E-state index is 13.2. The van der Waals surface area contributed by atoms with Gasteiger partial charge in [-0.3, -0.25) is 9.51 Å². The Morgan fingerprint density at radius 2 is 1.85 bits per heavy atom. The second kappa shape index (κ2) is 4.65. The Labute approximate surface area is 110 Å². The van der Waals surface area contributed by atoms with E-state index in [4.69, 9.17) is 0 Å². The molecule has 1 aromatic carbocycles. The SMILES string of the molecule is O=c1[nH]c(-c2cc(-c3ccc(F)c(F)c3)ncn2)no1. The highest BCUT2D eigenvalue weighted by atomic mass is 19.2. The molecule has 3 rings (SSSR count). The fraction of sp³-hybridized carbons (Fsp3) is 0. The maximum atomic E-state index is 13.2. The van der Waals surface area contributed by atoms with Crippen LogP contribution in [0.2, 0.25) is 0 Å². The Hall–Kier alpha value is -2.90. The van der Waals surface area contributed by atoms with Crippen LogP contribution >= 0.6 is 0 Å². The summed E-state index contributed by atoms with van der Waals surface area (Å²) < 4.78 is 30.5. The van der Waals surface area contributed by atoms with Crippen molar-refractivity contribution in [3.63, 3.8) is 0 Å². The Morgan fingerprint density at radius 3 is 2.55 bits per heavy atom. The van der Waals surface area contributed by atoms with Crippen molar-refractivity contribution in [1.82, 2.24) is 20.1 Å². The third-order valence-corrected chi connectivity index (χ3v) is 2.57. The number of halogens is 2. The van der Waals surface area contributed by atoms with Crippen LogP contribution < -0.4 is 5.76 Å². The van der Waals surface area contributed by atoms with Gasteiger partial charge in [-0.1, -0.05) is 5.16 Å². The van der Waals surface area contributed by atoms with Crippen molar-refractivity contribution in [2.24, 2.45) is 0 Å². The quantitative estimate of drug-likeness (QED) is 0.771. The van der Waals surface area contributed by atoms with Crippen LogP contribution in [0.15, 0.2) is 39.9 Å². The van der Waals surface area contributed by atoms with Gasteiger partial charge in [-0.25, -0.2) is 23.5 Å². The van der Waals surface area contributed by atoms with Gasteiger partial charge < -0.3 is 0 Å². The lowest BCUT2D eigenvalue weighted by molar-refractivity contribution is 0.387. The molecule has 0 aliphatic heterocycles. The molecule has 0 atom stereocenters. The molecule has 20 heavy (non-hydrogen) atoms. The van der Waals surface area contributed by atoms with E-state index < -0.39 is 17.4 Å². The second-order valence-corrected chi connectivity index (χ2v) is 3.86. The van der Waals surface area contributed by atoms with E-state index in [-0.39, 0.29) is 5.82 Å². The van der Waals surface area contributed by atoms with Crippen LogP contribution in [0.5, 0.6) is 0 Å². The molecule has 8 heteroatoms. The summed E-state index contributed by atoms with van der Waals surface area (Å²) in [5.74, 6) is -2.50. The number of hydrogen-bond donors (Lipinski definition) is 1. The lowest BCUT2D eigenvalue weighted by Gasteiger charge is -2.02. The van der Waals surface area contributed by atoms with Crippen molar-refractivity contribution in [1.29, 1.82) is 0 Å². The Balaban J connectivity index is 2.07. The average Bonchev–Trinajstić information content (AvgIpc) is 2.89. The molecule has 3 aromatic rings. The van der Waals surface area contributed by atoms with Crippen LogP contribution in [0.25, 0.3) is 22.8 Å². The molecule has 0 aliphatic rings. The zero-order chi connectivity index (χ0) is 14.1. The fourth-order valence-corrected chi connectivity index (χ4v) is 1.64. The first kappa shape index (κ1) is 12.2. The van der Waals surface area contributed by atoms with Gasteiger partial charge in [0.1, 0.15) is 12.0 Å². The molecule has 0 saturated carbocycles. The molecule has 0 spiro atoms. The van der Waals surface area contributed by atoms with E-state index in [1.54, 1.807) is 0 Å². The number of rotatable bonds is 2. The second-order valence-electron chi connectivity index (χ2n) is 3.86. The Bertz CT molecular complexity index is 828. The molecule has 100 valence electrons. The third kappa shape index (κ3) is 2.18. The number of hydrogen-bond acceptors (Lipinski definition) is 5. The summed E-state index contributed by atoms with van der Waals surface area (Å²) in [5.41, 5.74) is 1.03. The topological polar surface area (TPSA) is 84.7 Å². The van der Waals surface area contributed by atoms with E-state index in [0.717, 1.165) is 12.1 Å². The number of nitrogens with one attached hydrogen (secondary N) is 1. The predicted octanol–water partition coefficient (Wildman–Crippen LogP) is 1.77. The molecule has 0 fully saturated rings. The molecule has 1 N–H and O–H groups in total. The molecule has 0 unspecified atom stereocenters. The summed E-state index contributed by atoms with van der Waals surface area (Å²) in [6, 6.07) is 4.88. The highest BCUT2D eigenvalue weighted by molar-refractivity contribution is 5.63. The van der Waals surface area contributed by atoms with E-state index in [9.17, 15) is 13.6 Å². The minimum Gasteiger partial charge on any atom is -0.296 e. The molecule has 2 heterocycles. The third-order valence-electron chi connectivity index (χ3n) is 2.57. The van der Waals surface area contributed by atoms with Crippen molar-refractivity contribution < 1.29 is 13.3 Å². The van der Waals surface area contributed by atoms with Crippen molar-refractivity contribution >= 4 is 0 Å². The zero-order valence-electron chi connectivity index (χ0n) is 9.80. The zero-order valence-corrected chi connectivity index (χ0v) is 9.80. The molecule has 0 saturated heterocycles. The molecule has 0 amide bonds. The van der Waals surface area contributed by atoms with Crippen molar-refractivity contribution in [2.75, 3.05) is 0 Å². The lowest BCUT2D eigenvalue weighted by Crippen LogP contribution is -1.96. The Morgan fingerprint density at radius 1 is 1.05 bits per heavy atom. The summed E-state index contributed by atoms with van der Waals surface area (Å²) in [6.45, 7) is 0. The van der Waals surface area contributed by atoms with Crippen molar-refractivity contribution in [3.05, 3.63) is 52.8 Å². The summed E-state index contributed by atoms with van der Waals surface area (Å²) in [7, 11) is 0. The molecule has 0 aliphatic carbocycles. The Kier molecular flexibility index (Phi) is 2.82. The first-order valence-corrected chi connectivity index (χ1v) is 5.47. The van der Waals surface area contributed by atoms with E-state index in [2.05, 4.69) is 24.6 Å². The van der Waals surface area contributed by atoms with Crippen molar-refractivity contribution in [2.45, 2.75) is 0 Å². The van der Waals surface area contributed by atoms with Crippen LogP contribution in [-0.2, 0) is 0 Å². The lowest BCUT2D eigenvalue weighted by atomic mass is 10.1. The first-order chi connectivity index (χ1) is 9.63. The fourth-order valence-electron chi connectivity index (χ4n) is 1.64. The minimum absolute atomic E-state index is 0.126. The highest BCUT2D eigenvalue weighted by Crippen LogP contribution is 2.21. The van der Waals surface area contributed by atoms with Gasteiger partial charge in [-0.2, -0.15) is 0 Å². The summed E-state index contributed by atoms with van der Waals surface area (Å²) in [4.78, 5) is 21.1. The largest absolute Gasteiger partial charge is 0.439 e. The molecule has 0 radical (unpaired) electrons. The molecule has 2 aromatic heterocycles.